The summed E-state index contributed by atoms with van der Waals surface area (Å²) in [6.07, 6.45) is 2.76. The first-order valence-corrected chi connectivity index (χ1v) is 7.40. The molecule has 24 heavy (non-hydrogen) atoms. The van der Waals surface area contributed by atoms with Crippen LogP contribution in [-0.2, 0) is 9.53 Å². The number of aliphatic hydroxyl groups is 1. The molecule has 7 nitrogen and oxygen atoms in total. The lowest BCUT2D eigenvalue weighted by atomic mass is 10.1. The van der Waals surface area contributed by atoms with E-state index >= 15 is 0 Å². The predicted octanol–water partition coefficient (Wildman–Crippen LogP) is 3.72. The molecule has 1 aromatic rings. The molecular weight excluding hydrogens is 366 g/mol. The maximum atomic E-state index is 13.8. The minimum atomic E-state index is -1.17. The van der Waals surface area contributed by atoms with Gasteiger partial charge in [-0.2, -0.15) is 0 Å². The highest BCUT2D eigenvalue weighted by Crippen LogP contribution is 2.40. The molecule has 1 fully saturated rings. The number of carbonyl (C=O) groups excluding carboxylic acids is 1. The van der Waals surface area contributed by atoms with E-state index < -0.39 is 49.3 Å². The minimum absolute atomic E-state index is 0.0317. The molecule has 0 radical (unpaired) electrons. The monoisotopic (exact) mass is 376 g/mol. The number of aliphatic imine (C=N–C) groups is 1. The second kappa shape index (κ2) is 7.14. The Bertz CT molecular complexity index is 775. The zero-order chi connectivity index (χ0) is 18.0. The number of benzene rings is 1. The molecule has 10 heteroatoms. The van der Waals surface area contributed by atoms with E-state index in [1.807, 2.05) is 0 Å². The van der Waals surface area contributed by atoms with E-state index in [0.29, 0.717) is 6.07 Å². The molecular formula is C14H11Cl2FN2O5. The number of aliphatic hydroxyl groups excluding tert-OH is 1. The number of nitro benzene ring substituents is 1. The smallest absolute Gasteiger partial charge is 0.343 e. The van der Waals surface area contributed by atoms with Crippen LogP contribution in [0.1, 0.15) is 18.4 Å². The number of rotatable bonds is 5. The van der Waals surface area contributed by atoms with Gasteiger partial charge in [0.1, 0.15) is 22.2 Å². The Kier molecular flexibility index (Phi) is 5.40. The third kappa shape index (κ3) is 3.65. The summed E-state index contributed by atoms with van der Waals surface area (Å²) < 4.78 is 18.4. The van der Waals surface area contributed by atoms with Gasteiger partial charge in [-0.15, -0.1) is 0 Å². The molecule has 1 aliphatic rings. The van der Waals surface area contributed by atoms with Gasteiger partial charge < -0.3 is 9.84 Å². The molecule has 1 aromatic carbocycles. The second-order valence-electron chi connectivity index (χ2n) is 4.90. The largest absolute Gasteiger partial charge is 0.506 e. The molecule has 0 spiro atoms. The maximum Gasteiger partial charge on any atom is 0.343 e. The summed E-state index contributed by atoms with van der Waals surface area (Å²) in [7, 11) is 1.08. The van der Waals surface area contributed by atoms with Crippen LogP contribution in [0.4, 0.5) is 10.1 Å². The topological polar surface area (TPSA) is 102 Å². The molecule has 0 heterocycles. The lowest BCUT2D eigenvalue weighted by molar-refractivity contribution is -0.384. The highest BCUT2D eigenvalue weighted by atomic mass is 35.5. The van der Waals surface area contributed by atoms with Crippen molar-refractivity contribution < 1.29 is 24.0 Å². The SMILES string of the molecule is COC(=O)C(C=NC1CC1)=C(O)c1cc(F)c(Cl)c([N+](=O)[O-])c1Cl. The third-order valence-corrected chi connectivity index (χ3v) is 3.93. The summed E-state index contributed by atoms with van der Waals surface area (Å²) in [5.74, 6) is -2.92. The fraction of sp³-hybridized carbons (Fsp3) is 0.286. The van der Waals surface area contributed by atoms with Gasteiger partial charge in [-0.3, -0.25) is 15.1 Å². The molecule has 1 saturated carbocycles. The van der Waals surface area contributed by atoms with E-state index in [0.717, 1.165) is 26.2 Å². The molecule has 0 aromatic heterocycles. The fourth-order valence-corrected chi connectivity index (χ4v) is 2.37. The van der Waals surface area contributed by atoms with Gasteiger partial charge in [-0.1, -0.05) is 23.2 Å². The van der Waals surface area contributed by atoms with Gasteiger partial charge in [0.2, 0.25) is 0 Å². The number of halogens is 3. The molecule has 2 rings (SSSR count). The van der Waals surface area contributed by atoms with Gasteiger partial charge in [-0.25, -0.2) is 9.18 Å². The van der Waals surface area contributed by atoms with Crippen LogP contribution in [0.5, 0.6) is 0 Å². The highest BCUT2D eigenvalue weighted by Gasteiger charge is 2.29. The average Bonchev–Trinajstić information content (AvgIpc) is 3.34. The van der Waals surface area contributed by atoms with Gasteiger partial charge in [0.15, 0.2) is 5.02 Å². The summed E-state index contributed by atoms with van der Waals surface area (Å²) in [4.78, 5) is 25.9. The second-order valence-corrected chi connectivity index (χ2v) is 5.66. The van der Waals surface area contributed by atoms with Crippen LogP contribution >= 0.6 is 23.2 Å². The van der Waals surface area contributed by atoms with Crippen molar-refractivity contribution in [1.29, 1.82) is 0 Å². The van der Waals surface area contributed by atoms with Crippen molar-refractivity contribution in [2.75, 3.05) is 7.11 Å². The number of carbonyl (C=O) groups is 1. The van der Waals surface area contributed by atoms with E-state index in [4.69, 9.17) is 23.2 Å². The van der Waals surface area contributed by atoms with Crippen molar-refractivity contribution in [3.63, 3.8) is 0 Å². The molecule has 0 atom stereocenters. The molecule has 0 unspecified atom stereocenters. The first kappa shape index (κ1) is 18.2. The lowest BCUT2D eigenvalue weighted by Gasteiger charge is -2.09. The van der Waals surface area contributed by atoms with E-state index in [9.17, 15) is 24.4 Å². The highest BCUT2D eigenvalue weighted by molar-refractivity contribution is 6.39. The summed E-state index contributed by atoms with van der Waals surface area (Å²) in [5.41, 5.74) is -1.78. The Labute approximate surface area is 145 Å². The van der Waals surface area contributed by atoms with Crippen molar-refractivity contribution in [3.8, 4) is 0 Å². The molecule has 128 valence electrons. The van der Waals surface area contributed by atoms with Crippen molar-refractivity contribution >= 4 is 46.8 Å². The summed E-state index contributed by atoms with van der Waals surface area (Å²) in [6.45, 7) is 0. The third-order valence-electron chi connectivity index (χ3n) is 3.19. The molecule has 1 N–H and O–H groups in total. The van der Waals surface area contributed by atoms with Gasteiger partial charge in [0.05, 0.1) is 18.1 Å². The zero-order valence-corrected chi connectivity index (χ0v) is 13.8. The number of hydrogen-bond acceptors (Lipinski definition) is 6. The lowest BCUT2D eigenvalue weighted by Crippen LogP contribution is -2.10. The molecule has 0 aliphatic heterocycles. The summed E-state index contributed by atoms with van der Waals surface area (Å²) in [5, 5.41) is 19.9. The van der Waals surface area contributed by atoms with Crippen LogP contribution in [0.25, 0.3) is 5.76 Å². The number of esters is 1. The van der Waals surface area contributed by atoms with Crippen molar-refractivity contribution in [3.05, 3.63) is 43.2 Å². The van der Waals surface area contributed by atoms with Crippen LogP contribution in [-0.4, -0.2) is 35.4 Å². The van der Waals surface area contributed by atoms with E-state index in [2.05, 4.69) is 9.73 Å². The zero-order valence-electron chi connectivity index (χ0n) is 12.3. The van der Waals surface area contributed by atoms with Crippen molar-refractivity contribution in [2.24, 2.45) is 4.99 Å². The summed E-state index contributed by atoms with van der Waals surface area (Å²) >= 11 is 11.4. The van der Waals surface area contributed by atoms with Crippen molar-refractivity contribution in [2.45, 2.75) is 18.9 Å². The van der Waals surface area contributed by atoms with Gasteiger partial charge >= 0.3 is 11.7 Å². The van der Waals surface area contributed by atoms with Gasteiger partial charge in [0.25, 0.3) is 0 Å². The van der Waals surface area contributed by atoms with Gasteiger partial charge in [-0.05, 0) is 18.9 Å². The molecule has 0 amide bonds. The van der Waals surface area contributed by atoms with E-state index in [1.54, 1.807) is 0 Å². The van der Waals surface area contributed by atoms with Crippen LogP contribution in [0.2, 0.25) is 10.0 Å². The first-order chi connectivity index (χ1) is 11.3. The maximum absolute atomic E-state index is 13.8. The number of ether oxygens (including phenoxy) is 1. The Balaban J connectivity index is 2.65. The fourth-order valence-electron chi connectivity index (χ4n) is 1.79. The first-order valence-electron chi connectivity index (χ1n) is 6.64. The molecule has 0 bridgehead atoms. The number of methoxy groups -OCH3 is 1. The summed E-state index contributed by atoms with van der Waals surface area (Å²) in [6, 6.07) is 0.727. The van der Waals surface area contributed by atoms with Gasteiger partial charge in [0, 0.05) is 11.8 Å². The average molecular weight is 377 g/mol. The Morgan fingerprint density at radius 3 is 2.62 bits per heavy atom. The normalized spacial score (nSPS) is 15.3. The number of hydrogen-bond donors (Lipinski definition) is 1. The van der Waals surface area contributed by atoms with Crippen LogP contribution in [0, 0.1) is 15.9 Å². The minimum Gasteiger partial charge on any atom is -0.506 e. The Morgan fingerprint density at radius 2 is 2.12 bits per heavy atom. The Hall–Kier alpha value is -2.19. The van der Waals surface area contributed by atoms with Crippen LogP contribution < -0.4 is 0 Å². The predicted molar refractivity (Wildman–Crippen MR) is 86.2 cm³/mol. The van der Waals surface area contributed by atoms with E-state index in [1.165, 1.54) is 0 Å². The number of nitro groups is 1. The van der Waals surface area contributed by atoms with Crippen molar-refractivity contribution in [1.82, 2.24) is 0 Å². The van der Waals surface area contributed by atoms with E-state index in [-0.39, 0.29) is 6.04 Å². The molecule has 1 aliphatic carbocycles. The van der Waals surface area contributed by atoms with Crippen LogP contribution in [0.15, 0.2) is 16.6 Å². The number of nitrogens with zero attached hydrogens (tertiary/aromatic N) is 2. The Morgan fingerprint density at radius 1 is 1.50 bits per heavy atom. The van der Waals surface area contributed by atoms with Crippen LogP contribution in [0.3, 0.4) is 0 Å². The standard InChI is InChI=1S/C14H11Cl2FN2O5/c1-24-14(21)8(5-18-6-2-3-6)13(20)7-4-9(17)11(16)12(10(7)15)19(22)23/h4-6,20H,2-3H2,1H3. The quantitative estimate of drug-likeness (QED) is 0.160. The molecule has 0 saturated heterocycles.